The molecule has 0 fully saturated rings. The van der Waals surface area contributed by atoms with Crippen LogP contribution in [0.2, 0.25) is 0 Å². The lowest BCUT2D eigenvalue weighted by Crippen LogP contribution is -2.17. The Morgan fingerprint density at radius 1 is 1.21 bits per heavy atom. The van der Waals surface area contributed by atoms with Gasteiger partial charge in [0.25, 0.3) is 5.22 Å². The van der Waals surface area contributed by atoms with E-state index < -0.39 is 12.8 Å². The van der Waals surface area contributed by atoms with E-state index in [-0.39, 0.29) is 12.5 Å². The van der Waals surface area contributed by atoms with Crippen molar-refractivity contribution in [3.8, 4) is 0 Å². The maximum atomic E-state index is 11.9. The minimum atomic E-state index is -4.28. The Bertz CT molecular complexity index is 605. The van der Waals surface area contributed by atoms with Gasteiger partial charge in [-0.1, -0.05) is 49.0 Å². The quantitative estimate of drug-likeness (QED) is 0.480. The van der Waals surface area contributed by atoms with Crippen LogP contribution in [0.5, 0.6) is 0 Å². The predicted octanol–water partition coefficient (Wildman–Crippen LogP) is 4.67. The van der Waals surface area contributed by atoms with E-state index in [1.807, 2.05) is 37.3 Å². The number of hydrogen-bond acceptors (Lipinski definition) is 5. The van der Waals surface area contributed by atoms with Gasteiger partial charge in [-0.2, -0.15) is 13.2 Å². The zero-order valence-corrected chi connectivity index (χ0v) is 14.1. The fourth-order valence-electron chi connectivity index (χ4n) is 2.17. The molecule has 132 valence electrons. The zero-order chi connectivity index (χ0) is 17.4. The summed E-state index contributed by atoms with van der Waals surface area (Å²) in [6.07, 6.45) is -2.96. The van der Waals surface area contributed by atoms with Crippen molar-refractivity contribution >= 4 is 11.8 Å². The molecule has 4 nitrogen and oxygen atoms in total. The van der Waals surface area contributed by atoms with Crippen LogP contribution in [0.25, 0.3) is 0 Å². The van der Waals surface area contributed by atoms with Crippen LogP contribution >= 0.6 is 11.8 Å². The molecule has 0 aliphatic rings. The Kier molecular flexibility index (Phi) is 7.11. The number of thioether (sulfide) groups is 1. The Hall–Kier alpha value is -1.54. The molecule has 0 aliphatic heterocycles. The maximum absolute atomic E-state index is 11.9. The standard InChI is InChI=1S/C16H19F3N2O2S/c1-2-13(12-7-4-3-5-8-12)14-20-21-15(23-14)24-10-6-9-22-11-16(17,18)19/h3-5,7-8,13H,2,6,9-11H2,1H3/t13-/m1/s1. The third kappa shape index (κ3) is 6.16. The first kappa shape index (κ1) is 18.8. The second kappa shape index (κ2) is 9.08. The van der Waals surface area contributed by atoms with E-state index >= 15 is 0 Å². The summed E-state index contributed by atoms with van der Waals surface area (Å²) in [4.78, 5) is 0. The number of alkyl halides is 3. The van der Waals surface area contributed by atoms with Crippen LogP contribution in [0.4, 0.5) is 13.2 Å². The molecule has 0 amide bonds. The minimum absolute atomic E-state index is 0.0446. The Balaban J connectivity index is 1.78. The Labute approximate surface area is 142 Å². The van der Waals surface area contributed by atoms with E-state index in [2.05, 4.69) is 14.9 Å². The third-order valence-corrected chi connectivity index (χ3v) is 4.16. The van der Waals surface area contributed by atoms with Crippen molar-refractivity contribution in [3.63, 3.8) is 0 Å². The van der Waals surface area contributed by atoms with Gasteiger partial charge in [0, 0.05) is 12.4 Å². The largest absolute Gasteiger partial charge is 0.415 e. The second-order valence-electron chi connectivity index (χ2n) is 5.15. The van der Waals surface area contributed by atoms with E-state index in [9.17, 15) is 13.2 Å². The number of rotatable bonds is 9. The van der Waals surface area contributed by atoms with E-state index in [0.29, 0.717) is 23.3 Å². The zero-order valence-electron chi connectivity index (χ0n) is 13.3. The summed E-state index contributed by atoms with van der Waals surface area (Å²) in [6.45, 7) is 0.888. The van der Waals surface area contributed by atoms with Crippen molar-refractivity contribution < 1.29 is 22.3 Å². The molecule has 0 N–H and O–H groups in total. The first-order valence-electron chi connectivity index (χ1n) is 7.65. The van der Waals surface area contributed by atoms with E-state index in [1.54, 1.807) is 0 Å². The summed E-state index contributed by atoms with van der Waals surface area (Å²) in [5, 5.41) is 8.51. The maximum Gasteiger partial charge on any atom is 0.411 e. The first-order chi connectivity index (χ1) is 11.5. The molecule has 1 aromatic heterocycles. The van der Waals surface area contributed by atoms with Crippen molar-refractivity contribution in [1.82, 2.24) is 10.2 Å². The van der Waals surface area contributed by atoms with Crippen molar-refractivity contribution in [2.45, 2.75) is 37.1 Å². The molecule has 2 aromatic rings. The summed E-state index contributed by atoms with van der Waals surface area (Å²) >= 11 is 1.32. The first-order valence-corrected chi connectivity index (χ1v) is 8.64. The van der Waals surface area contributed by atoms with Crippen LogP contribution in [0, 0.1) is 0 Å². The molecule has 0 radical (unpaired) electrons. The van der Waals surface area contributed by atoms with Gasteiger partial charge in [-0.25, -0.2) is 0 Å². The highest BCUT2D eigenvalue weighted by molar-refractivity contribution is 7.99. The third-order valence-electron chi connectivity index (χ3n) is 3.25. The van der Waals surface area contributed by atoms with Gasteiger partial charge in [-0.05, 0) is 18.4 Å². The molecule has 24 heavy (non-hydrogen) atoms. The van der Waals surface area contributed by atoms with Gasteiger partial charge in [0.2, 0.25) is 5.89 Å². The number of ether oxygens (including phenoxy) is 1. The normalized spacial score (nSPS) is 13.2. The van der Waals surface area contributed by atoms with Gasteiger partial charge in [-0.3, -0.25) is 0 Å². The molecule has 1 aromatic carbocycles. The van der Waals surface area contributed by atoms with E-state index in [4.69, 9.17) is 4.42 Å². The van der Waals surface area contributed by atoms with Crippen LogP contribution in [0.15, 0.2) is 40.0 Å². The summed E-state index contributed by atoms with van der Waals surface area (Å²) in [6, 6.07) is 9.91. The molecule has 8 heteroatoms. The number of benzene rings is 1. The molecule has 0 spiro atoms. The van der Waals surface area contributed by atoms with Crippen LogP contribution < -0.4 is 0 Å². The van der Waals surface area contributed by atoms with Gasteiger partial charge >= 0.3 is 6.18 Å². The lowest BCUT2D eigenvalue weighted by atomic mass is 9.97. The Morgan fingerprint density at radius 2 is 1.96 bits per heavy atom. The number of aromatic nitrogens is 2. The molecule has 2 rings (SSSR count). The average Bonchev–Trinajstić information content (AvgIpc) is 3.00. The second-order valence-corrected chi connectivity index (χ2v) is 6.19. The van der Waals surface area contributed by atoms with Crippen molar-refractivity contribution in [2.75, 3.05) is 19.0 Å². The van der Waals surface area contributed by atoms with Crippen LogP contribution in [-0.2, 0) is 4.74 Å². The van der Waals surface area contributed by atoms with Crippen LogP contribution in [0.1, 0.15) is 37.1 Å². The lowest BCUT2D eigenvalue weighted by molar-refractivity contribution is -0.173. The molecule has 0 aliphatic carbocycles. The smallest absolute Gasteiger partial charge is 0.411 e. The summed E-state index contributed by atoms with van der Waals surface area (Å²) in [5.41, 5.74) is 1.11. The average molecular weight is 360 g/mol. The van der Waals surface area contributed by atoms with Crippen LogP contribution in [-0.4, -0.2) is 35.3 Å². The molecule has 0 saturated carbocycles. The number of halogens is 3. The highest BCUT2D eigenvalue weighted by Crippen LogP contribution is 2.28. The van der Waals surface area contributed by atoms with Gasteiger partial charge in [0.05, 0.1) is 5.92 Å². The molecule has 0 bridgehead atoms. The predicted molar refractivity (Wildman–Crippen MR) is 85.1 cm³/mol. The summed E-state index contributed by atoms with van der Waals surface area (Å²) < 4.78 is 46.0. The fraction of sp³-hybridized carbons (Fsp3) is 0.500. The lowest BCUT2D eigenvalue weighted by Gasteiger charge is -2.10. The molecular formula is C16H19F3N2O2S. The molecule has 1 atom stereocenters. The highest BCUT2D eigenvalue weighted by atomic mass is 32.2. The van der Waals surface area contributed by atoms with Gasteiger partial charge < -0.3 is 9.15 Å². The number of nitrogens with zero attached hydrogens (tertiary/aromatic N) is 2. The SMILES string of the molecule is CC[C@H](c1ccccc1)c1nnc(SCCCOCC(F)(F)F)o1. The Morgan fingerprint density at radius 3 is 2.62 bits per heavy atom. The van der Waals surface area contributed by atoms with Gasteiger partial charge in [0.15, 0.2) is 0 Å². The number of hydrogen-bond donors (Lipinski definition) is 0. The monoisotopic (exact) mass is 360 g/mol. The molecule has 0 saturated heterocycles. The van der Waals surface area contributed by atoms with E-state index in [0.717, 1.165) is 12.0 Å². The fourth-order valence-corrected chi connectivity index (χ4v) is 2.85. The summed E-state index contributed by atoms with van der Waals surface area (Å²) in [5.74, 6) is 1.16. The van der Waals surface area contributed by atoms with Crippen molar-refractivity contribution in [1.29, 1.82) is 0 Å². The molecule has 1 heterocycles. The molecule has 0 unspecified atom stereocenters. The topological polar surface area (TPSA) is 48.2 Å². The van der Waals surface area contributed by atoms with Crippen molar-refractivity contribution in [3.05, 3.63) is 41.8 Å². The minimum Gasteiger partial charge on any atom is -0.415 e. The van der Waals surface area contributed by atoms with Gasteiger partial charge in [-0.15, -0.1) is 10.2 Å². The van der Waals surface area contributed by atoms with E-state index in [1.165, 1.54) is 11.8 Å². The van der Waals surface area contributed by atoms with Crippen LogP contribution in [0.3, 0.4) is 0 Å². The highest BCUT2D eigenvalue weighted by Gasteiger charge is 2.27. The van der Waals surface area contributed by atoms with Gasteiger partial charge in [0.1, 0.15) is 6.61 Å². The van der Waals surface area contributed by atoms with Crippen molar-refractivity contribution in [2.24, 2.45) is 0 Å². The summed E-state index contributed by atoms with van der Waals surface area (Å²) in [7, 11) is 0. The molecular weight excluding hydrogens is 341 g/mol.